The normalized spacial score (nSPS) is 28.5. The summed E-state index contributed by atoms with van der Waals surface area (Å²) in [6.07, 6.45) is -0.877. The molecule has 2 aromatic heterocycles. The molecule has 0 aliphatic carbocycles. The van der Waals surface area contributed by atoms with E-state index in [9.17, 15) is 4.79 Å². The van der Waals surface area contributed by atoms with Gasteiger partial charge in [0.05, 0.1) is 13.4 Å². The fourth-order valence-electron chi connectivity index (χ4n) is 3.53. The third-order valence-electron chi connectivity index (χ3n) is 4.51. The number of nitrogens with one attached hydrogen (secondary N) is 2. The number of rotatable bonds is 5. The van der Waals surface area contributed by atoms with E-state index >= 15 is 0 Å². The number of carbonyl (C=O) groups excluding carboxylic acids is 1. The van der Waals surface area contributed by atoms with Gasteiger partial charge in [-0.25, -0.2) is 20.4 Å². The van der Waals surface area contributed by atoms with Crippen LogP contribution in [0.1, 0.15) is 27.0 Å². The molecule has 2 saturated heterocycles. The van der Waals surface area contributed by atoms with Gasteiger partial charge in [-0.1, -0.05) is 0 Å². The van der Waals surface area contributed by atoms with Crippen LogP contribution in [-0.2, 0) is 23.8 Å². The minimum Gasteiger partial charge on any atom is -0.354 e. The number of likely N-dealkylation sites (N-methyl/N-ethyl adjacent to an activating group) is 1. The minimum atomic E-state index is -0.829. The summed E-state index contributed by atoms with van der Waals surface area (Å²) in [7, 11) is 1.49. The van der Waals surface area contributed by atoms with E-state index in [-0.39, 0.29) is 5.91 Å². The monoisotopic (exact) mass is 504 g/mol. The van der Waals surface area contributed by atoms with Gasteiger partial charge in [-0.2, -0.15) is 0 Å². The third-order valence-corrected chi connectivity index (χ3v) is 4.99. The lowest BCUT2D eigenvalue weighted by atomic mass is 10.1. The van der Waals surface area contributed by atoms with Crippen molar-refractivity contribution in [2.24, 2.45) is 0 Å². The van der Waals surface area contributed by atoms with Gasteiger partial charge in [-0.3, -0.25) is 14.2 Å². The number of ether oxygens (including phenoxy) is 3. The van der Waals surface area contributed by atoms with Crippen molar-refractivity contribution in [2.45, 2.75) is 51.1 Å². The lowest BCUT2D eigenvalue weighted by Gasteiger charge is -2.24. The molecule has 4 atom stereocenters. The van der Waals surface area contributed by atoms with Crippen LogP contribution < -0.4 is 10.8 Å². The summed E-state index contributed by atoms with van der Waals surface area (Å²) in [6.45, 7) is 5.98. The fraction of sp³-hybridized carbons (Fsp3) is 0.625. The second-order valence-electron chi connectivity index (χ2n) is 6.88. The van der Waals surface area contributed by atoms with Crippen LogP contribution >= 0.6 is 22.6 Å². The number of imidazole rings is 1. The standard InChI is InChI=1S/C16H21IN6O5/c1-5-18-13(24)9-8-10(28-16(2,3)27-8)14(26-9)23-6-19-7-11(22-25-4)20-15(17)21-12(7)23/h6,8-10,14H,5H2,1-4H3,(H,18,24)(H,20,21,22)/t8-,9+,10-,14-/m1/s1. The Kier molecular flexibility index (Phi) is 5.16. The summed E-state index contributed by atoms with van der Waals surface area (Å²) >= 11 is 2.01. The summed E-state index contributed by atoms with van der Waals surface area (Å²) in [5.74, 6) is -0.629. The maximum Gasteiger partial charge on any atom is 0.252 e. The average Bonchev–Trinajstić information content (AvgIpc) is 3.25. The summed E-state index contributed by atoms with van der Waals surface area (Å²) in [5, 5.41) is 2.79. The molecule has 11 nitrogen and oxygen atoms in total. The Balaban J connectivity index is 1.75. The van der Waals surface area contributed by atoms with E-state index in [2.05, 4.69) is 25.7 Å². The zero-order valence-corrected chi connectivity index (χ0v) is 18.0. The first kappa shape index (κ1) is 19.7. The van der Waals surface area contributed by atoms with E-state index in [1.165, 1.54) is 7.11 Å². The highest BCUT2D eigenvalue weighted by atomic mass is 127. The second-order valence-corrected chi connectivity index (χ2v) is 7.84. The van der Waals surface area contributed by atoms with Gasteiger partial charge in [0, 0.05) is 29.1 Å². The predicted molar refractivity (Wildman–Crippen MR) is 105 cm³/mol. The SMILES string of the molecule is CCNC(=O)[C@H]1O[C@@H](n2cnc3c(NOC)nc(I)nc32)[C@@H]2OC(C)(C)O[C@@H]21. The maximum absolute atomic E-state index is 12.5. The van der Waals surface area contributed by atoms with Gasteiger partial charge in [0.25, 0.3) is 5.91 Å². The Morgan fingerprint density at radius 2 is 2.11 bits per heavy atom. The van der Waals surface area contributed by atoms with E-state index in [4.69, 9.17) is 19.0 Å². The number of hydrogen-bond donors (Lipinski definition) is 2. The molecule has 28 heavy (non-hydrogen) atoms. The summed E-state index contributed by atoms with van der Waals surface area (Å²) in [5.41, 5.74) is 3.76. The highest BCUT2D eigenvalue weighted by Gasteiger charge is 2.58. The predicted octanol–water partition coefficient (Wildman–Crippen LogP) is 0.958. The van der Waals surface area contributed by atoms with Crippen molar-refractivity contribution < 1.29 is 23.8 Å². The molecule has 2 aliphatic rings. The van der Waals surface area contributed by atoms with Crippen molar-refractivity contribution in [3.8, 4) is 0 Å². The molecule has 2 fully saturated rings. The molecular weight excluding hydrogens is 483 g/mol. The lowest BCUT2D eigenvalue weighted by Crippen LogP contribution is -2.42. The molecule has 0 bridgehead atoms. The summed E-state index contributed by atoms with van der Waals surface area (Å²) in [4.78, 5) is 30.7. The molecule has 1 amide bonds. The first-order valence-corrected chi connectivity index (χ1v) is 9.90. The Morgan fingerprint density at radius 1 is 1.36 bits per heavy atom. The quantitative estimate of drug-likeness (QED) is 0.349. The molecule has 4 rings (SSSR count). The third kappa shape index (κ3) is 3.32. The van der Waals surface area contributed by atoms with Crippen LogP contribution in [0.15, 0.2) is 6.33 Å². The minimum absolute atomic E-state index is 0.239. The largest absolute Gasteiger partial charge is 0.354 e. The smallest absolute Gasteiger partial charge is 0.252 e. The molecule has 0 saturated carbocycles. The van der Waals surface area contributed by atoms with E-state index in [0.29, 0.717) is 27.4 Å². The van der Waals surface area contributed by atoms with E-state index in [1.54, 1.807) is 10.9 Å². The molecule has 2 aliphatic heterocycles. The van der Waals surface area contributed by atoms with Gasteiger partial charge in [-0.05, 0) is 20.8 Å². The van der Waals surface area contributed by atoms with E-state index in [1.807, 2.05) is 43.4 Å². The topological polar surface area (TPSA) is 122 Å². The Labute approximate surface area is 174 Å². The van der Waals surface area contributed by atoms with Crippen molar-refractivity contribution in [3.05, 3.63) is 10.2 Å². The van der Waals surface area contributed by atoms with Crippen molar-refractivity contribution in [1.29, 1.82) is 0 Å². The lowest BCUT2D eigenvalue weighted by molar-refractivity contribution is -0.197. The fourth-order valence-corrected chi connectivity index (χ4v) is 4.00. The van der Waals surface area contributed by atoms with Crippen LogP contribution in [0.3, 0.4) is 0 Å². The number of anilines is 1. The summed E-state index contributed by atoms with van der Waals surface area (Å²) < 4.78 is 20.4. The van der Waals surface area contributed by atoms with Crippen LogP contribution in [0.25, 0.3) is 11.2 Å². The molecule has 12 heteroatoms. The van der Waals surface area contributed by atoms with Gasteiger partial charge in [0.15, 0.2) is 38.9 Å². The molecule has 0 unspecified atom stereocenters. The van der Waals surface area contributed by atoms with Gasteiger partial charge < -0.3 is 19.5 Å². The molecular formula is C16H21IN6O5. The van der Waals surface area contributed by atoms with Crippen LogP contribution in [0, 0.1) is 3.83 Å². The van der Waals surface area contributed by atoms with E-state index < -0.39 is 30.3 Å². The van der Waals surface area contributed by atoms with E-state index in [0.717, 1.165) is 0 Å². The van der Waals surface area contributed by atoms with Crippen molar-refractivity contribution in [2.75, 3.05) is 19.1 Å². The Morgan fingerprint density at radius 3 is 2.82 bits per heavy atom. The molecule has 152 valence electrons. The number of aromatic nitrogens is 4. The number of fused-ring (bicyclic) bond motifs is 2. The number of hydrogen-bond acceptors (Lipinski definition) is 9. The first-order chi connectivity index (χ1) is 13.3. The number of carbonyl (C=O) groups is 1. The highest BCUT2D eigenvalue weighted by molar-refractivity contribution is 14.1. The van der Waals surface area contributed by atoms with Crippen molar-refractivity contribution in [1.82, 2.24) is 24.8 Å². The Bertz CT molecular complexity index is 905. The molecule has 4 heterocycles. The Hall–Kier alpha value is -1.61. The molecule has 2 N–H and O–H groups in total. The average molecular weight is 504 g/mol. The second kappa shape index (κ2) is 7.33. The molecule has 2 aromatic rings. The van der Waals surface area contributed by atoms with Gasteiger partial charge in [0.2, 0.25) is 0 Å². The number of amides is 1. The van der Waals surface area contributed by atoms with Crippen LogP contribution in [-0.4, -0.2) is 63.2 Å². The van der Waals surface area contributed by atoms with Gasteiger partial charge >= 0.3 is 0 Å². The highest BCUT2D eigenvalue weighted by Crippen LogP contribution is 2.44. The van der Waals surface area contributed by atoms with Crippen molar-refractivity contribution >= 4 is 45.5 Å². The van der Waals surface area contributed by atoms with Gasteiger partial charge in [0.1, 0.15) is 12.2 Å². The van der Waals surface area contributed by atoms with Crippen LogP contribution in [0.4, 0.5) is 5.82 Å². The zero-order chi connectivity index (χ0) is 20.1. The van der Waals surface area contributed by atoms with Gasteiger partial charge in [-0.15, -0.1) is 0 Å². The zero-order valence-electron chi connectivity index (χ0n) is 15.8. The number of halogens is 1. The number of nitrogens with zero attached hydrogens (tertiary/aromatic N) is 4. The first-order valence-electron chi connectivity index (χ1n) is 8.82. The molecule has 0 spiro atoms. The maximum atomic E-state index is 12.5. The van der Waals surface area contributed by atoms with Crippen LogP contribution in [0.5, 0.6) is 0 Å². The van der Waals surface area contributed by atoms with Crippen LogP contribution in [0.2, 0.25) is 0 Å². The molecule has 0 radical (unpaired) electrons. The summed E-state index contributed by atoms with van der Waals surface area (Å²) in [6, 6.07) is 0. The van der Waals surface area contributed by atoms with Crippen molar-refractivity contribution in [3.63, 3.8) is 0 Å². The molecule has 0 aromatic carbocycles.